The number of nitrogens with one attached hydrogen (secondary N) is 1. The number of rotatable bonds is 2. The van der Waals surface area contributed by atoms with Crippen molar-refractivity contribution >= 4 is 17.7 Å². The van der Waals surface area contributed by atoms with E-state index in [-0.39, 0.29) is 0 Å². The molecule has 0 bridgehead atoms. The van der Waals surface area contributed by atoms with E-state index in [2.05, 4.69) is 12.2 Å². The second-order valence-electron chi connectivity index (χ2n) is 1.55. The Kier molecular flexibility index (Phi) is 2.90. The zero-order chi connectivity index (χ0) is 7.49. The molecule has 0 aliphatic heterocycles. The minimum Gasteiger partial charge on any atom is -0.371 e. The fourth-order valence-corrected chi connectivity index (χ4v) is 0.401. The molecule has 0 saturated carbocycles. The Morgan fingerprint density at radius 2 is 2.00 bits per heavy atom. The maximum absolute atomic E-state index is 11.5. The Morgan fingerprint density at radius 3 is 2.11 bits per heavy atom. The molecular formula is C4H6F3NS. The van der Waals surface area contributed by atoms with Crippen LogP contribution < -0.4 is 5.32 Å². The average Bonchev–Trinajstić information content (AvgIpc) is 1.64. The first kappa shape index (κ1) is 8.68. The molecule has 0 rings (SSSR count). The molecule has 0 heterocycles. The summed E-state index contributed by atoms with van der Waals surface area (Å²) < 4.78 is 34.5. The smallest absolute Gasteiger partial charge is 0.371 e. The summed E-state index contributed by atoms with van der Waals surface area (Å²) >= 11 is 4.16. The van der Waals surface area contributed by atoms with Crippen molar-refractivity contribution in [3.8, 4) is 0 Å². The van der Waals surface area contributed by atoms with Crippen LogP contribution in [-0.4, -0.2) is 17.7 Å². The van der Waals surface area contributed by atoms with Gasteiger partial charge in [0, 0.05) is 0 Å². The molecular weight excluding hydrogens is 151 g/mol. The summed E-state index contributed by atoms with van der Waals surface area (Å²) in [5.74, 6) is 0. The van der Waals surface area contributed by atoms with Gasteiger partial charge in [0.15, 0.2) is 0 Å². The van der Waals surface area contributed by atoms with E-state index in [1.54, 1.807) is 0 Å². The normalized spacial score (nSPS) is 14.7. The van der Waals surface area contributed by atoms with Crippen LogP contribution in [0.2, 0.25) is 0 Å². The molecule has 9 heavy (non-hydrogen) atoms. The highest BCUT2D eigenvalue weighted by molar-refractivity contribution is 7.78. The van der Waals surface area contributed by atoms with Gasteiger partial charge in [-0.1, -0.05) is 12.2 Å². The van der Waals surface area contributed by atoms with Gasteiger partial charge in [-0.15, -0.1) is 0 Å². The van der Waals surface area contributed by atoms with Gasteiger partial charge in [0.1, 0.15) is 6.04 Å². The van der Waals surface area contributed by atoms with Crippen molar-refractivity contribution in [2.45, 2.75) is 19.1 Å². The quantitative estimate of drug-likeness (QED) is 0.609. The molecule has 0 aromatic heterocycles. The van der Waals surface area contributed by atoms with Gasteiger partial charge < -0.3 is 5.32 Å². The van der Waals surface area contributed by atoms with Crippen molar-refractivity contribution in [1.29, 1.82) is 0 Å². The molecule has 0 aromatic carbocycles. The summed E-state index contributed by atoms with van der Waals surface area (Å²) in [4.78, 5) is 0. The zero-order valence-corrected chi connectivity index (χ0v) is 5.51. The molecule has 1 unspecified atom stereocenters. The van der Waals surface area contributed by atoms with Gasteiger partial charge >= 0.3 is 6.18 Å². The minimum absolute atomic E-state index is 0.859. The number of halogens is 3. The van der Waals surface area contributed by atoms with E-state index < -0.39 is 12.2 Å². The van der Waals surface area contributed by atoms with Crippen LogP contribution >= 0.6 is 12.2 Å². The third-order valence-electron chi connectivity index (χ3n) is 0.809. The van der Waals surface area contributed by atoms with Crippen LogP contribution in [0.5, 0.6) is 0 Å². The summed E-state index contributed by atoms with van der Waals surface area (Å²) in [7, 11) is 0. The maximum Gasteiger partial charge on any atom is 0.408 e. The van der Waals surface area contributed by atoms with E-state index in [0.29, 0.717) is 0 Å². The van der Waals surface area contributed by atoms with Gasteiger partial charge in [-0.3, -0.25) is 0 Å². The number of hydrogen-bond donors (Lipinski definition) is 1. The zero-order valence-electron chi connectivity index (χ0n) is 4.70. The van der Waals surface area contributed by atoms with Crippen LogP contribution in [0.4, 0.5) is 13.2 Å². The first-order valence-corrected chi connectivity index (χ1v) is 2.72. The number of thiocarbonyl (C=S) groups is 1. The second kappa shape index (κ2) is 3.00. The lowest BCUT2D eigenvalue weighted by Crippen LogP contribution is -2.38. The minimum atomic E-state index is -4.20. The first-order chi connectivity index (χ1) is 3.98. The van der Waals surface area contributed by atoms with Gasteiger partial charge in [0.25, 0.3) is 0 Å². The van der Waals surface area contributed by atoms with Crippen LogP contribution in [0.25, 0.3) is 0 Å². The topological polar surface area (TPSA) is 12.0 Å². The highest BCUT2D eigenvalue weighted by Gasteiger charge is 2.34. The summed E-state index contributed by atoms with van der Waals surface area (Å²) in [6.45, 7) is 1.00. The van der Waals surface area contributed by atoms with Gasteiger partial charge in [-0.25, -0.2) is 0 Å². The van der Waals surface area contributed by atoms with Crippen LogP contribution in [0.1, 0.15) is 6.92 Å². The molecule has 0 radical (unpaired) electrons. The molecule has 0 aliphatic carbocycles. The monoisotopic (exact) mass is 157 g/mol. The molecule has 0 fully saturated rings. The Balaban J connectivity index is 3.72. The first-order valence-electron chi connectivity index (χ1n) is 2.25. The standard InChI is InChI=1S/C4H6F3NS/c1-3(8-2-9)4(5,6)7/h2-3H,1H3,(H,8,9). The van der Waals surface area contributed by atoms with E-state index in [4.69, 9.17) is 0 Å². The molecule has 1 N–H and O–H groups in total. The summed E-state index contributed by atoms with van der Waals surface area (Å²) in [5.41, 5.74) is 0.859. The molecule has 54 valence electrons. The van der Waals surface area contributed by atoms with E-state index in [1.165, 1.54) is 0 Å². The SMILES string of the molecule is CC(NC=S)C(F)(F)F. The predicted octanol–water partition coefficient (Wildman–Crippen LogP) is 1.48. The third kappa shape index (κ3) is 3.29. The van der Waals surface area contributed by atoms with E-state index >= 15 is 0 Å². The third-order valence-corrected chi connectivity index (χ3v) is 0.945. The average molecular weight is 157 g/mol. The van der Waals surface area contributed by atoms with Crippen LogP contribution in [0, 0.1) is 0 Å². The van der Waals surface area contributed by atoms with Crippen molar-refractivity contribution in [2.75, 3.05) is 0 Å². The predicted molar refractivity (Wildman–Crippen MR) is 32.3 cm³/mol. The second-order valence-corrected chi connectivity index (χ2v) is 1.78. The van der Waals surface area contributed by atoms with Gasteiger partial charge in [-0.05, 0) is 6.92 Å². The highest BCUT2D eigenvalue weighted by atomic mass is 32.1. The Hall–Kier alpha value is -0.320. The lowest BCUT2D eigenvalue weighted by molar-refractivity contribution is -0.147. The van der Waals surface area contributed by atoms with Crippen molar-refractivity contribution in [3.63, 3.8) is 0 Å². The van der Waals surface area contributed by atoms with Gasteiger partial charge in [-0.2, -0.15) is 13.2 Å². The molecule has 1 atom stereocenters. The van der Waals surface area contributed by atoms with Crippen molar-refractivity contribution < 1.29 is 13.2 Å². The summed E-state index contributed by atoms with van der Waals surface area (Å²) in [5, 5.41) is 1.95. The van der Waals surface area contributed by atoms with Crippen molar-refractivity contribution in [3.05, 3.63) is 0 Å². The van der Waals surface area contributed by atoms with Crippen LogP contribution in [0.15, 0.2) is 0 Å². The highest BCUT2D eigenvalue weighted by Crippen LogP contribution is 2.18. The lowest BCUT2D eigenvalue weighted by atomic mass is 10.3. The molecule has 0 aromatic rings. The van der Waals surface area contributed by atoms with Gasteiger partial charge in [0.05, 0.1) is 5.49 Å². The van der Waals surface area contributed by atoms with Crippen LogP contribution in [0.3, 0.4) is 0 Å². The summed E-state index contributed by atoms with van der Waals surface area (Å²) in [6, 6.07) is -1.55. The fraction of sp³-hybridized carbons (Fsp3) is 0.750. The Morgan fingerprint density at radius 1 is 1.56 bits per heavy atom. The van der Waals surface area contributed by atoms with Gasteiger partial charge in [0.2, 0.25) is 0 Å². The molecule has 0 aliphatic rings. The van der Waals surface area contributed by atoms with Crippen LogP contribution in [-0.2, 0) is 0 Å². The van der Waals surface area contributed by atoms with Crippen molar-refractivity contribution in [1.82, 2.24) is 5.32 Å². The maximum atomic E-state index is 11.5. The van der Waals surface area contributed by atoms with E-state index in [9.17, 15) is 13.2 Å². The lowest BCUT2D eigenvalue weighted by Gasteiger charge is -2.13. The largest absolute Gasteiger partial charge is 0.408 e. The fourth-order valence-electron chi connectivity index (χ4n) is 0.197. The summed E-state index contributed by atoms with van der Waals surface area (Å²) in [6.07, 6.45) is -4.20. The molecule has 0 amide bonds. The van der Waals surface area contributed by atoms with E-state index in [0.717, 1.165) is 12.4 Å². The molecule has 1 nitrogen and oxygen atoms in total. The van der Waals surface area contributed by atoms with E-state index in [1.807, 2.05) is 5.32 Å². The molecule has 5 heteroatoms. The van der Waals surface area contributed by atoms with Crippen molar-refractivity contribution in [2.24, 2.45) is 0 Å². The number of hydrogen-bond acceptors (Lipinski definition) is 1. The Labute approximate surface area is 56.2 Å². The molecule has 0 spiro atoms. The molecule has 0 saturated heterocycles. The Bertz CT molecular complexity index is 100. The number of alkyl halides is 3.